The molecule has 5 heteroatoms. The largest absolute Gasteiger partial charge is 0.463 e. The lowest BCUT2D eigenvalue weighted by Gasteiger charge is -2.34. The van der Waals surface area contributed by atoms with Crippen LogP contribution in [-0.4, -0.2) is 29.1 Å². The standard InChI is InChI=1S/C12H21N3OS/c1-4-5-16-11-13-12(17-14-11)15-7-9(2)6-10(3)8-15/h9-10H,4-8H2,1-3H3. The molecule has 2 unspecified atom stereocenters. The molecule has 0 aromatic carbocycles. The molecule has 2 heterocycles. The number of hydrogen-bond donors (Lipinski definition) is 0. The van der Waals surface area contributed by atoms with Gasteiger partial charge in [-0.25, -0.2) is 0 Å². The van der Waals surface area contributed by atoms with Gasteiger partial charge in [-0.2, -0.15) is 4.98 Å². The Balaban J connectivity index is 1.98. The molecule has 1 aromatic heterocycles. The SMILES string of the molecule is CCCOc1nsc(N2CC(C)CC(C)C2)n1. The third kappa shape index (κ3) is 3.31. The van der Waals surface area contributed by atoms with Gasteiger partial charge in [-0.3, -0.25) is 0 Å². The summed E-state index contributed by atoms with van der Waals surface area (Å²) in [5.41, 5.74) is 0. The molecule has 0 radical (unpaired) electrons. The average Bonchev–Trinajstić information content (AvgIpc) is 2.73. The molecular weight excluding hydrogens is 234 g/mol. The van der Waals surface area contributed by atoms with Gasteiger partial charge in [-0.05, 0) is 24.7 Å². The van der Waals surface area contributed by atoms with Crippen LogP contribution in [0.4, 0.5) is 5.13 Å². The predicted octanol–water partition coefficient (Wildman–Crippen LogP) is 2.81. The average molecular weight is 255 g/mol. The lowest BCUT2D eigenvalue weighted by molar-refractivity contribution is 0.295. The molecule has 1 aliphatic rings. The summed E-state index contributed by atoms with van der Waals surface area (Å²) in [6.07, 6.45) is 2.31. The van der Waals surface area contributed by atoms with E-state index in [-0.39, 0.29) is 0 Å². The minimum Gasteiger partial charge on any atom is -0.463 e. The topological polar surface area (TPSA) is 38.2 Å². The van der Waals surface area contributed by atoms with Crippen molar-refractivity contribution in [3.63, 3.8) is 0 Å². The van der Waals surface area contributed by atoms with Gasteiger partial charge in [-0.15, -0.1) is 4.37 Å². The Morgan fingerprint density at radius 1 is 1.35 bits per heavy atom. The van der Waals surface area contributed by atoms with Crippen LogP contribution in [0.25, 0.3) is 0 Å². The maximum Gasteiger partial charge on any atom is 0.330 e. The van der Waals surface area contributed by atoms with Gasteiger partial charge in [0, 0.05) is 24.6 Å². The summed E-state index contributed by atoms with van der Waals surface area (Å²) in [7, 11) is 0. The fourth-order valence-electron chi connectivity index (χ4n) is 2.40. The van der Waals surface area contributed by atoms with Crippen LogP contribution in [0, 0.1) is 11.8 Å². The Hall–Kier alpha value is -0.840. The second-order valence-electron chi connectivity index (χ2n) is 5.06. The van der Waals surface area contributed by atoms with E-state index in [2.05, 4.69) is 35.0 Å². The maximum atomic E-state index is 5.44. The van der Waals surface area contributed by atoms with Crippen LogP contribution in [0.3, 0.4) is 0 Å². The molecule has 1 fully saturated rings. The molecule has 2 rings (SSSR count). The number of rotatable bonds is 4. The van der Waals surface area contributed by atoms with Gasteiger partial charge >= 0.3 is 6.01 Å². The molecule has 1 saturated heterocycles. The number of piperidine rings is 1. The summed E-state index contributed by atoms with van der Waals surface area (Å²) in [5, 5.41) is 1.01. The van der Waals surface area contributed by atoms with Crippen molar-refractivity contribution in [2.45, 2.75) is 33.6 Å². The summed E-state index contributed by atoms with van der Waals surface area (Å²) >= 11 is 1.45. The molecular formula is C12H21N3OS. The number of anilines is 1. The highest BCUT2D eigenvalue weighted by Crippen LogP contribution is 2.28. The van der Waals surface area contributed by atoms with Crippen molar-refractivity contribution in [1.82, 2.24) is 9.36 Å². The van der Waals surface area contributed by atoms with E-state index in [0.29, 0.717) is 12.6 Å². The van der Waals surface area contributed by atoms with E-state index in [1.807, 2.05) is 0 Å². The van der Waals surface area contributed by atoms with Crippen LogP contribution in [0.2, 0.25) is 0 Å². The lowest BCUT2D eigenvalue weighted by atomic mass is 9.92. The summed E-state index contributed by atoms with van der Waals surface area (Å²) in [4.78, 5) is 6.79. The minimum absolute atomic E-state index is 0.540. The molecule has 0 bridgehead atoms. The smallest absolute Gasteiger partial charge is 0.330 e. The van der Waals surface area contributed by atoms with Crippen molar-refractivity contribution >= 4 is 16.7 Å². The highest BCUT2D eigenvalue weighted by Gasteiger charge is 2.24. The Bertz CT molecular complexity index is 345. The Morgan fingerprint density at radius 3 is 2.71 bits per heavy atom. The zero-order valence-corrected chi connectivity index (χ0v) is 11.7. The number of hydrogen-bond acceptors (Lipinski definition) is 5. The first-order valence-electron chi connectivity index (χ1n) is 6.40. The van der Waals surface area contributed by atoms with Gasteiger partial charge < -0.3 is 9.64 Å². The molecule has 0 N–H and O–H groups in total. The van der Waals surface area contributed by atoms with Crippen LogP contribution < -0.4 is 9.64 Å². The third-order valence-corrected chi connectivity index (χ3v) is 3.73. The first-order valence-corrected chi connectivity index (χ1v) is 7.17. The lowest BCUT2D eigenvalue weighted by Crippen LogP contribution is -2.38. The highest BCUT2D eigenvalue weighted by atomic mass is 32.1. The van der Waals surface area contributed by atoms with Crippen molar-refractivity contribution in [2.75, 3.05) is 24.6 Å². The second kappa shape index (κ2) is 5.67. The molecule has 2 atom stereocenters. The molecule has 4 nitrogen and oxygen atoms in total. The second-order valence-corrected chi connectivity index (χ2v) is 5.79. The third-order valence-electron chi connectivity index (χ3n) is 2.97. The Morgan fingerprint density at radius 2 is 2.06 bits per heavy atom. The fraction of sp³-hybridized carbons (Fsp3) is 0.833. The molecule has 0 saturated carbocycles. The monoisotopic (exact) mass is 255 g/mol. The molecule has 96 valence electrons. The maximum absolute atomic E-state index is 5.44. The van der Waals surface area contributed by atoms with E-state index in [0.717, 1.165) is 36.5 Å². The molecule has 0 aliphatic carbocycles. The van der Waals surface area contributed by atoms with E-state index in [1.165, 1.54) is 18.0 Å². The summed E-state index contributed by atoms with van der Waals surface area (Å²) in [6.45, 7) is 9.57. The molecule has 0 amide bonds. The predicted molar refractivity (Wildman–Crippen MR) is 70.9 cm³/mol. The summed E-state index contributed by atoms with van der Waals surface area (Å²) in [6, 6.07) is 0.540. The highest BCUT2D eigenvalue weighted by molar-refractivity contribution is 7.09. The van der Waals surface area contributed by atoms with E-state index < -0.39 is 0 Å². The van der Waals surface area contributed by atoms with Crippen LogP contribution in [-0.2, 0) is 0 Å². The van der Waals surface area contributed by atoms with E-state index in [9.17, 15) is 0 Å². The Kier molecular flexibility index (Phi) is 4.20. The van der Waals surface area contributed by atoms with Gasteiger partial charge in [0.15, 0.2) is 0 Å². The van der Waals surface area contributed by atoms with Crippen molar-refractivity contribution in [2.24, 2.45) is 11.8 Å². The van der Waals surface area contributed by atoms with Crippen molar-refractivity contribution < 1.29 is 4.74 Å². The van der Waals surface area contributed by atoms with E-state index in [1.54, 1.807) is 0 Å². The molecule has 17 heavy (non-hydrogen) atoms. The normalized spacial score (nSPS) is 25.0. The number of nitrogens with zero attached hydrogens (tertiary/aromatic N) is 3. The van der Waals surface area contributed by atoms with Gasteiger partial charge in [0.05, 0.1) is 6.61 Å². The van der Waals surface area contributed by atoms with E-state index >= 15 is 0 Å². The van der Waals surface area contributed by atoms with Crippen molar-refractivity contribution in [3.8, 4) is 6.01 Å². The van der Waals surface area contributed by atoms with Crippen LogP contribution in [0.5, 0.6) is 6.01 Å². The van der Waals surface area contributed by atoms with Crippen molar-refractivity contribution in [1.29, 1.82) is 0 Å². The van der Waals surface area contributed by atoms with Gasteiger partial charge in [0.25, 0.3) is 0 Å². The zero-order valence-electron chi connectivity index (χ0n) is 10.8. The molecule has 1 aromatic rings. The molecule has 0 spiro atoms. The number of aromatic nitrogens is 2. The summed E-state index contributed by atoms with van der Waals surface area (Å²) < 4.78 is 9.69. The number of ether oxygens (including phenoxy) is 1. The zero-order chi connectivity index (χ0) is 12.3. The van der Waals surface area contributed by atoms with Gasteiger partial charge in [-0.1, -0.05) is 20.8 Å². The van der Waals surface area contributed by atoms with Crippen LogP contribution in [0.15, 0.2) is 0 Å². The van der Waals surface area contributed by atoms with Crippen LogP contribution >= 0.6 is 11.5 Å². The summed E-state index contributed by atoms with van der Waals surface area (Å²) in [5.74, 6) is 1.48. The Labute approximate surface area is 107 Å². The van der Waals surface area contributed by atoms with E-state index in [4.69, 9.17) is 4.74 Å². The van der Waals surface area contributed by atoms with Crippen molar-refractivity contribution in [3.05, 3.63) is 0 Å². The molecule has 1 aliphatic heterocycles. The minimum atomic E-state index is 0.540. The fourth-order valence-corrected chi connectivity index (χ4v) is 3.04. The van der Waals surface area contributed by atoms with Gasteiger partial charge in [0.2, 0.25) is 5.13 Å². The quantitative estimate of drug-likeness (QED) is 0.829. The first kappa shape index (κ1) is 12.6. The first-order chi connectivity index (χ1) is 8.19. The van der Waals surface area contributed by atoms with Crippen LogP contribution in [0.1, 0.15) is 33.6 Å². The van der Waals surface area contributed by atoms with Gasteiger partial charge in [0.1, 0.15) is 0 Å².